The van der Waals surface area contributed by atoms with Gasteiger partial charge in [-0.2, -0.15) is 0 Å². The summed E-state index contributed by atoms with van der Waals surface area (Å²) in [6.07, 6.45) is 2.84. The van der Waals surface area contributed by atoms with Crippen LogP contribution in [0.15, 0.2) is 30.3 Å². The average Bonchev–Trinajstić information content (AvgIpc) is 3.36. The van der Waals surface area contributed by atoms with Gasteiger partial charge in [0.25, 0.3) is 0 Å². The Morgan fingerprint density at radius 2 is 2.04 bits per heavy atom. The van der Waals surface area contributed by atoms with Gasteiger partial charge < -0.3 is 14.5 Å². The smallest absolute Gasteiger partial charge is 0.231 e. The van der Waals surface area contributed by atoms with E-state index in [1.807, 2.05) is 28.0 Å². The number of methoxy groups -OCH3 is 1. The molecule has 134 valence electrons. The second-order valence-corrected chi connectivity index (χ2v) is 7.65. The van der Waals surface area contributed by atoms with E-state index in [-0.39, 0.29) is 23.7 Å². The number of likely N-dealkylation sites (tertiary alicyclic amines) is 2. The highest BCUT2D eigenvalue weighted by Gasteiger charge is 2.58. The van der Waals surface area contributed by atoms with E-state index < -0.39 is 5.41 Å². The predicted octanol–water partition coefficient (Wildman–Crippen LogP) is 1.89. The van der Waals surface area contributed by atoms with Crippen LogP contribution in [0.5, 0.6) is 0 Å². The average molecular weight is 342 g/mol. The normalized spacial score (nSPS) is 29.0. The van der Waals surface area contributed by atoms with Crippen molar-refractivity contribution in [1.82, 2.24) is 9.80 Å². The molecule has 4 rings (SSSR count). The van der Waals surface area contributed by atoms with E-state index in [2.05, 4.69) is 12.1 Å². The molecule has 5 nitrogen and oxygen atoms in total. The molecule has 0 unspecified atom stereocenters. The van der Waals surface area contributed by atoms with E-state index in [1.54, 1.807) is 7.11 Å². The first kappa shape index (κ1) is 16.6. The van der Waals surface area contributed by atoms with Gasteiger partial charge in [-0.05, 0) is 24.8 Å². The van der Waals surface area contributed by atoms with Gasteiger partial charge in [0.1, 0.15) is 0 Å². The molecular weight excluding hydrogens is 316 g/mol. The molecule has 0 N–H and O–H groups in total. The molecule has 25 heavy (non-hydrogen) atoms. The van der Waals surface area contributed by atoms with Gasteiger partial charge in [0.05, 0.1) is 12.0 Å². The molecule has 2 atom stereocenters. The van der Waals surface area contributed by atoms with E-state index in [0.717, 1.165) is 25.8 Å². The van der Waals surface area contributed by atoms with Gasteiger partial charge in [0, 0.05) is 45.1 Å². The van der Waals surface area contributed by atoms with E-state index >= 15 is 0 Å². The fourth-order valence-corrected chi connectivity index (χ4v) is 4.52. The standard InChI is InChI=1S/C20H26N2O3/c1-25-12-11-21-10-9-20(19(21)24)14-22(18(23)16-7-8-16)13-17(20)15-5-3-2-4-6-15/h2-6,16-17H,7-14H2,1H3/t17-,20+/m1/s1. The third kappa shape index (κ3) is 2.84. The van der Waals surface area contributed by atoms with Crippen LogP contribution >= 0.6 is 0 Å². The number of amides is 2. The van der Waals surface area contributed by atoms with E-state index in [4.69, 9.17) is 4.74 Å². The minimum absolute atomic E-state index is 0.0939. The molecule has 3 aliphatic rings. The van der Waals surface area contributed by atoms with Crippen LogP contribution < -0.4 is 0 Å². The van der Waals surface area contributed by atoms with Gasteiger partial charge in [-0.1, -0.05) is 30.3 Å². The van der Waals surface area contributed by atoms with Crippen LogP contribution in [-0.4, -0.2) is 61.5 Å². The minimum Gasteiger partial charge on any atom is -0.383 e. The summed E-state index contributed by atoms with van der Waals surface area (Å²) in [7, 11) is 1.66. The molecule has 5 heteroatoms. The molecule has 2 aliphatic heterocycles. The van der Waals surface area contributed by atoms with Gasteiger partial charge in [-0.25, -0.2) is 0 Å². The van der Waals surface area contributed by atoms with Crippen LogP contribution in [-0.2, 0) is 14.3 Å². The van der Waals surface area contributed by atoms with Gasteiger partial charge >= 0.3 is 0 Å². The molecule has 3 fully saturated rings. The molecule has 1 aliphatic carbocycles. The summed E-state index contributed by atoms with van der Waals surface area (Å²) in [6, 6.07) is 10.2. The van der Waals surface area contributed by atoms with Crippen LogP contribution in [0.4, 0.5) is 0 Å². The Labute approximate surface area is 148 Å². The summed E-state index contributed by atoms with van der Waals surface area (Å²) in [4.78, 5) is 29.9. The molecule has 1 saturated carbocycles. The molecule has 0 aromatic heterocycles. The van der Waals surface area contributed by atoms with Gasteiger partial charge in [0.2, 0.25) is 11.8 Å². The Morgan fingerprint density at radius 3 is 2.72 bits per heavy atom. The molecular formula is C20H26N2O3. The lowest BCUT2D eigenvalue weighted by molar-refractivity contribution is -0.137. The first-order valence-corrected chi connectivity index (χ1v) is 9.28. The van der Waals surface area contributed by atoms with Crippen molar-refractivity contribution in [3.63, 3.8) is 0 Å². The van der Waals surface area contributed by atoms with Crippen LogP contribution in [0.3, 0.4) is 0 Å². The van der Waals surface area contributed by atoms with E-state index in [1.165, 1.54) is 5.56 Å². The lowest BCUT2D eigenvalue weighted by Crippen LogP contribution is -2.41. The fourth-order valence-electron chi connectivity index (χ4n) is 4.52. The predicted molar refractivity (Wildman–Crippen MR) is 94.0 cm³/mol. The zero-order chi connectivity index (χ0) is 17.4. The molecule has 1 aromatic rings. The van der Waals surface area contributed by atoms with Crippen molar-refractivity contribution in [3.05, 3.63) is 35.9 Å². The quantitative estimate of drug-likeness (QED) is 0.821. The maximum atomic E-state index is 13.3. The monoisotopic (exact) mass is 342 g/mol. The molecule has 0 radical (unpaired) electrons. The van der Waals surface area contributed by atoms with E-state index in [9.17, 15) is 9.59 Å². The second kappa shape index (κ2) is 6.45. The van der Waals surface area contributed by atoms with Crippen molar-refractivity contribution in [2.45, 2.75) is 25.2 Å². The molecule has 2 saturated heterocycles. The van der Waals surface area contributed by atoms with Crippen molar-refractivity contribution in [2.75, 3.05) is 39.9 Å². The highest BCUT2D eigenvalue weighted by Crippen LogP contribution is 2.50. The Bertz CT molecular complexity index is 658. The number of benzene rings is 1. The van der Waals surface area contributed by atoms with E-state index in [0.29, 0.717) is 26.2 Å². The summed E-state index contributed by atoms with van der Waals surface area (Å²) in [5.74, 6) is 0.745. The first-order valence-electron chi connectivity index (χ1n) is 9.28. The molecule has 0 bridgehead atoms. The Hall–Kier alpha value is -1.88. The van der Waals surface area contributed by atoms with Crippen LogP contribution in [0.1, 0.15) is 30.7 Å². The minimum atomic E-state index is -0.459. The maximum absolute atomic E-state index is 13.3. The number of carbonyl (C=O) groups is 2. The first-order chi connectivity index (χ1) is 12.2. The Balaban J connectivity index is 1.63. The number of rotatable bonds is 5. The van der Waals surface area contributed by atoms with Crippen molar-refractivity contribution in [3.8, 4) is 0 Å². The topological polar surface area (TPSA) is 49.9 Å². The largest absolute Gasteiger partial charge is 0.383 e. The Morgan fingerprint density at radius 1 is 1.28 bits per heavy atom. The SMILES string of the molecule is COCCN1CC[C@@]2(CN(C(=O)C3CC3)C[C@@H]2c2ccccc2)C1=O. The molecule has 2 amide bonds. The van der Waals surface area contributed by atoms with Gasteiger partial charge in [-0.3, -0.25) is 9.59 Å². The third-order valence-corrected chi connectivity index (χ3v) is 6.09. The molecule has 1 spiro atoms. The third-order valence-electron chi connectivity index (χ3n) is 6.09. The molecule has 1 aromatic carbocycles. The number of carbonyl (C=O) groups excluding carboxylic acids is 2. The highest BCUT2D eigenvalue weighted by atomic mass is 16.5. The van der Waals surface area contributed by atoms with Crippen molar-refractivity contribution >= 4 is 11.8 Å². The summed E-state index contributed by atoms with van der Waals surface area (Å²) in [5, 5.41) is 0. The summed E-state index contributed by atoms with van der Waals surface area (Å²) in [6.45, 7) is 3.20. The highest BCUT2D eigenvalue weighted by molar-refractivity contribution is 5.89. The second-order valence-electron chi connectivity index (χ2n) is 7.65. The van der Waals surface area contributed by atoms with Gasteiger partial charge in [0.15, 0.2) is 0 Å². The lowest BCUT2D eigenvalue weighted by atomic mass is 9.73. The molecule has 2 heterocycles. The summed E-state index contributed by atoms with van der Waals surface area (Å²) < 4.78 is 5.16. The number of hydrogen-bond donors (Lipinski definition) is 0. The zero-order valence-corrected chi connectivity index (χ0v) is 14.8. The number of nitrogens with zero attached hydrogens (tertiary/aromatic N) is 2. The lowest BCUT2D eigenvalue weighted by Gasteiger charge is -2.29. The number of ether oxygens (including phenoxy) is 1. The summed E-state index contributed by atoms with van der Waals surface area (Å²) in [5.41, 5.74) is 0.718. The van der Waals surface area contributed by atoms with Crippen LogP contribution in [0, 0.1) is 11.3 Å². The number of hydrogen-bond acceptors (Lipinski definition) is 3. The zero-order valence-electron chi connectivity index (χ0n) is 14.8. The van der Waals surface area contributed by atoms with Crippen molar-refractivity contribution < 1.29 is 14.3 Å². The maximum Gasteiger partial charge on any atom is 0.231 e. The fraction of sp³-hybridized carbons (Fsp3) is 0.600. The van der Waals surface area contributed by atoms with Gasteiger partial charge in [-0.15, -0.1) is 0 Å². The van der Waals surface area contributed by atoms with Crippen LogP contribution in [0.2, 0.25) is 0 Å². The Kier molecular flexibility index (Phi) is 4.28. The van der Waals surface area contributed by atoms with Crippen LogP contribution in [0.25, 0.3) is 0 Å². The van der Waals surface area contributed by atoms with Crippen molar-refractivity contribution in [1.29, 1.82) is 0 Å². The van der Waals surface area contributed by atoms with Crippen molar-refractivity contribution in [2.24, 2.45) is 11.3 Å². The summed E-state index contributed by atoms with van der Waals surface area (Å²) >= 11 is 0.